The first-order chi connectivity index (χ1) is 14.9. The fourth-order valence-corrected chi connectivity index (χ4v) is 4.99. The first kappa shape index (κ1) is 26.1. The largest absolute Gasteiger partial charge is 0.461 e. The number of carbonyl (C=O) groups is 3. The number of amides is 2. The molecule has 178 valence electrons. The minimum absolute atomic E-state index is 0.0344. The molecule has 8 nitrogen and oxygen atoms in total. The predicted molar refractivity (Wildman–Crippen MR) is 123 cm³/mol. The molecule has 0 spiro atoms. The Labute approximate surface area is 192 Å². The van der Waals surface area contributed by atoms with Gasteiger partial charge in [0.1, 0.15) is 11.4 Å². The van der Waals surface area contributed by atoms with Gasteiger partial charge in [-0.25, -0.2) is 4.79 Å². The van der Waals surface area contributed by atoms with Crippen LogP contribution in [-0.2, 0) is 34.7 Å². The van der Waals surface area contributed by atoms with Crippen LogP contribution in [0.3, 0.4) is 0 Å². The van der Waals surface area contributed by atoms with E-state index in [4.69, 9.17) is 14.9 Å². The molecule has 2 N–H and O–H groups in total. The van der Waals surface area contributed by atoms with Gasteiger partial charge in [-0.2, -0.15) is 0 Å². The molecule has 32 heavy (non-hydrogen) atoms. The quantitative estimate of drug-likeness (QED) is 0.398. The van der Waals surface area contributed by atoms with Crippen LogP contribution in [0.1, 0.15) is 59.8 Å². The van der Waals surface area contributed by atoms with E-state index in [1.807, 2.05) is 12.2 Å². The number of carbonyl (C=O) groups excluding carboxylic acids is 3. The smallest absolute Gasteiger partial charge is 0.337 e. The van der Waals surface area contributed by atoms with E-state index >= 15 is 0 Å². The molecule has 0 aromatic carbocycles. The molecule has 0 saturated carbocycles. The molecular formula is C23H34N2O6S. The normalized spacial score (nSPS) is 18.4. The van der Waals surface area contributed by atoms with Gasteiger partial charge in [0.25, 0.3) is 0 Å². The Hall–Kier alpha value is -2.13. The highest BCUT2D eigenvalue weighted by molar-refractivity contribution is 7.87. The average Bonchev–Trinajstić information content (AvgIpc) is 2.77. The Balaban J connectivity index is 1.87. The van der Waals surface area contributed by atoms with Gasteiger partial charge in [-0.05, 0) is 39.5 Å². The third-order valence-electron chi connectivity index (χ3n) is 5.72. The summed E-state index contributed by atoms with van der Waals surface area (Å²) in [5.74, 6) is -1.73. The molecule has 1 heterocycles. The third-order valence-corrected chi connectivity index (χ3v) is 7.99. The molecular weight excluding hydrogens is 432 g/mol. The van der Waals surface area contributed by atoms with E-state index in [1.54, 1.807) is 33.8 Å². The molecule has 1 unspecified atom stereocenters. The van der Waals surface area contributed by atoms with Crippen LogP contribution in [0.4, 0.5) is 0 Å². The maximum atomic E-state index is 12.9. The van der Waals surface area contributed by atoms with Gasteiger partial charge in [-0.15, -0.1) is 0 Å². The molecule has 0 aromatic rings. The van der Waals surface area contributed by atoms with Crippen LogP contribution < -0.4 is 5.32 Å². The Morgan fingerprint density at radius 3 is 2.44 bits per heavy atom. The Morgan fingerprint density at radius 2 is 1.84 bits per heavy atom. The molecule has 1 aliphatic heterocycles. The van der Waals surface area contributed by atoms with Crippen LogP contribution >= 0.6 is 0 Å². The highest BCUT2D eigenvalue weighted by Crippen LogP contribution is 2.25. The number of allylic oxidation sites excluding steroid dienone is 2. The summed E-state index contributed by atoms with van der Waals surface area (Å²) < 4.78 is 22.3. The molecule has 1 atom stereocenters. The van der Waals surface area contributed by atoms with E-state index in [1.165, 1.54) is 0 Å². The number of nitrogens with one attached hydrogen (secondary N) is 2. The molecule has 0 aromatic heterocycles. The first-order valence-corrected chi connectivity index (χ1v) is 12.1. The summed E-state index contributed by atoms with van der Waals surface area (Å²) >= 11 is 0. The van der Waals surface area contributed by atoms with E-state index in [-0.39, 0.29) is 24.0 Å². The van der Waals surface area contributed by atoms with Gasteiger partial charge in [0.15, 0.2) is 0 Å². The lowest BCUT2D eigenvalue weighted by atomic mass is 9.86. The second-order valence-corrected chi connectivity index (χ2v) is 11.5. The molecule has 1 fully saturated rings. The van der Waals surface area contributed by atoms with Gasteiger partial charge in [0.05, 0.1) is 12.0 Å². The van der Waals surface area contributed by atoms with Gasteiger partial charge in [0, 0.05) is 40.4 Å². The van der Waals surface area contributed by atoms with Crippen LogP contribution in [0.2, 0.25) is 0 Å². The molecule has 2 amide bonds. The standard InChI is InChI=1S/C23H34N2O6S/c1-22(2,15-31-20(27)16-8-6-5-7-9-16)18(24)14-19(26)25-21(28)23(3,4)32(29)17-10-12-30-13-11-17/h6,8-9,17,24H,5,7,10-15H2,1-4H3,(H,25,26,28). The topological polar surface area (TPSA) is 123 Å². The fraction of sp³-hybridized carbons (Fsp3) is 0.652. The number of rotatable bonds is 9. The number of hydrogen-bond donors (Lipinski definition) is 2. The lowest BCUT2D eigenvalue weighted by molar-refractivity contribution is -0.140. The number of esters is 1. The second-order valence-electron chi connectivity index (χ2n) is 9.25. The maximum Gasteiger partial charge on any atom is 0.337 e. The third kappa shape index (κ3) is 6.93. The van der Waals surface area contributed by atoms with Gasteiger partial charge >= 0.3 is 5.97 Å². The summed E-state index contributed by atoms with van der Waals surface area (Å²) in [6, 6.07) is 0. The van der Waals surface area contributed by atoms with Crippen molar-refractivity contribution in [3.63, 3.8) is 0 Å². The number of ether oxygens (including phenoxy) is 2. The molecule has 1 aliphatic carbocycles. The van der Waals surface area contributed by atoms with Crippen molar-refractivity contribution >= 4 is 34.3 Å². The van der Waals surface area contributed by atoms with Crippen molar-refractivity contribution in [2.45, 2.75) is 69.8 Å². The lowest BCUT2D eigenvalue weighted by Crippen LogP contribution is -2.51. The van der Waals surface area contributed by atoms with Gasteiger partial charge in [-0.1, -0.05) is 32.1 Å². The number of hydrogen-bond acceptors (Lipinski definition) is 7. The summed E-state index contributed by atoms with van der Waals surface area (Å²) in [5.41, 5.74) is -0.357. The zero-order valence-electron chi connectivity index (χ0n) is 19.3. The summed E-state index contributed by atoms with van der Waals surface area (Å²) in [6.07, 6.45) is 8.01. The average molecular weight is 467 g/mol. The van der Waals surface area contributed by atoms with E-state index in [2.05, 4.69) is 5.32 Å². The van der Waals surface area contributed by atoms with Crippen LogP contribution in [0.25, 0.3) is 0 Å². The van der Waals surface area contributed by atoms with Crippen molar-refractivity contribution in [2.75, 3.05) is 19.8 Å². The molecule has 0 radical (unpaired) electrons. The van der Waals surface area contributed by atoms with Gasteiger partial charge < -0.3 is 14.9 Å². The Bertz CT molecular complexity index is 837. The second kappa shape index (κ2) is 11.1. The van der Waals surface area contributed by atoms with Crippen molar-refractivity contribution < 1.29 is 28.1 Å². The summed E-state index contributed by atoms with van der Waals surface area (Å²) in [4.78, 5) is 37.3. The summed E-state index contributed by atoms with van der Waals surface area (Å²) in [7, 11) is -1.47. The SMILES string of the molecule is CC(C)(COC(=O)C1=CCCC=C1)C(=N)CC(=O)NC(=O)C(C)(C)S(=O)C1CCOCC1. The lowest BCUT2D eigenvalue weighted by Gasteiger charge is -2.30. The molecule has 2 rings (SSSR count). The minimum Gasteiger partial charge on any atom is -0.461 e. The summed E-state index contributed by atoms with van der Waals surface area (Å²) in [6.45, 7) is 7.49. The van der Waals surface area contributed by atoms with Gasteiger partial charge in [-0.3, -0.25) is 19.1 Å². The molecule has 9 heteroatoms. The van der Waals surface area contributed by atoms with Crippen molar-refractivity contribution in [2.24, 2.45) is 5.41 Å². The van der Waals surface area contributed by atoms with E-state index in [0.717, 1.165) is 12.8 Å². The van der Waals surface area contributed by atoms with E-state index in [9.17, 15) is 18.6 Å². The molecule has 0 bridgehead atoms. The van der Waals surface area contributed by atoms with Crippen molar-refractivity contribution in [1.82, 2.24) is 5.32 Å². The summed E-state index contributed by atoms with van der Waals surface area (Å²) in [5, 5.41) is 10.4. The zero-order valence-corrected chi connectivity index (χ0v) is 20.1. The number of imide groups is 1. The highest BCUT2D eigenvalue weighted by Gasteiger charge is 2.40. The van der Waals surface area contributed by atoms with Crippen molar-refractivity contribution in [3.8, 4) is 0 Å². The van der Waals surface area contributed by atoms with Crippen LogP contribution in [0.5, 0.6) is 0 Å². The monoisotopic (exact) mass is 466 g/mol. The highest BCUT2D eigenvalue weighted by atomic mass is 32.2. The van der Waals surface area contributed by atoms with E-state index < -0.39 is 38.7 Å². The van der Waals surface area contributed by atoms with Crippen LogP contribution in [0, 0.1) is 10.8 Å². The van der Waals surface area contributed by atoms with Gasteiger partial charge in [0.2, 0.25) is 11.8 Å². The first-order valence-electron chi connectivity index (χ1n) is 10.9. The fourth-order valence-electron chi connectivity index (χ4n) is 3.30. The minimum atomic E-state index is -1.47. The maximum absolute atomic E-state index is 12.9. The van der Waals surface area contributed by atoms with Crippen LogP contribution in [0.15, 0.2) is 23.8 Å². The Morgan fingerprint density at radius 1 is 1.19 bits per heavy atom. The van der Waals surface area contributed by atoms with E-state index in [0.29, 0.717) is 31.6 Å². The van der Waals surface area contributed by atoms with Crippen molar-refractivity contribution in [1.29, 1.82) is 5.41 Å². The van der Waals surface area contributed by atoms with Crippen LogP contribution in [-0.4, -0.2) is 57.5 Å². The predicted octanol–water partition coefficient (Wildman–Crippen LogP) is 2.59. The molecule has 1 saturated heterocycles. The molecule has 2 aliphatic rings. The zero-order chi connectivity index (χ0) is 23.9. The Kier molecular flexibility index (Phi) is 9.09. The van der Waals surface area contributed by atoms with Crippen molar-refractivity contribution in [3.05, 3.63) is 23.8 Å².